The normalized spacial score (nSPS) is 21.7. The Morgan fingerprint density at radius 3 is 1.81 bits per heavy atom. The van der Waals surface area contributed by atoms with Gasteiger partial charge in [-0.25, -0.2) is 5.43 Å². The molecule has 0 saturated carbocycles. The van der Waals surface area contributed by atoms with Crippen LogP contribution < -0.4 is 15.2 Å². The second kappa shape index (κ2) is 11.5. The Morgan fingerprint density at radius 2 is 1.32 bits per heavy atom. The van der Waals surface area contributed by atoms with E-state index in [-0.39, 0.29) is 5.95 Å². The maximum Gasteiger partial charge on any atom is 0.250 e. The summed E-state index contributed by atoms with van der Waals surface area (Å²) in [7, 11) is 0. The first kappa shape index (κ1) is 23.5. The third-order valence-corrected chi connectivity index (χ3v) is 5.56. The fourth-order valence-electron chi connectivity index (χ4n) is 3.67. The van der Waals surface area contributed by atoms with Crippen LogP contribution in [0.5, 0.6) is 0 Å². The van der Waals surface area contributed by atoms with Gasteiger partial charge in [-0.05, 0) is 38.5 Å². The van der Waals surface area contributed by atoms with Crippen LogP contribution in [0.25, 0.3) is 0 Å². The first-order chi connectivity index (χ1) is 15.0. The average molecular weight is 440 g/mol. The zero-order valence-electron chi connectivity index (χ0n) is 17.6. The molecule has 2 saturated heterocycles. The summed E-state index contributed by atoms with van der Waals surface area (Å²) in [4.78, 5) is 17.8. The molecule has 1 aromatic heterocycles. The van der Waals surface area contributed by atoms with Gasteiger partial charge in [0.15, 0.2) is 0 Å². The molecule has 4 atom stereocenters. The SMILES string of the molecule is OC[C@@H](O)[C@@H](O)[C@H](O)[C@H](O)/C=N\Nc1nc(N2CCCCC2)nc(N2CCCCC2)n1. The molecule has 12 heteroatoms. The highest BCUT2D eigenvalue weighted by Crippen LogP contribution is 2.22. The van der Waals surface area contributed by atoms with Crippen molar-refractivity contribution >= 4 is 24.1 Å². The van der Waals surface area contributed by atoms with Gasteiger partial charge in [-0.15, -0.1) is 0 Å². The summed E-state index contributed by atoms with van der Waals surface area (Å²) in [5, 5.41) is 51.6. The molecule has 174 valence electrons. The van der Waals surface area contributed by atoms with Gasteiger partial charge in [0.2, 0.25) is 17.8 Å². The van der Waals surface area contributed by atoms with Gasteiger partial charge in [0.05, 0.1) is 12.8 Å². The molecular formula is C19H33N7O5. The Morgan fingerprint density at radius 1 is 0.806 bits per heavy atom. The number of hydrogen-bond acceptors (Lipinski definition) is 12. The van der Waals surface area contributed by atoms with Crippen molar-refractivity contribution in [3.63, 3.8) is 0 Å². The lowest BCUT2D eigenvalue weighted by molar-refractivity contribution is -0.0999. The molecule has 0 aromatic carbocycles. The van der Waals surface area contributed by atoms with Crippen molar-refractivity contribution < 1.29 is 25.5 Å². The first-order valence-corrected chi connectivity index (χ1v) is 10.9. The van der Waals surface area contributed by atoms with E-state index in [9.17, 15) is 20.4 Å². The van der Waals surface area contributed by atoms with Crippen molar-refractivity contribution in [3.05, 3.63) is 0 Å². The predicted octanol–water partition coefficient (Wildman–Crippen LogP) is -1.31. The van der Waals surface area contributed by atoms with E-state index < -0.39 is 31.0 Å². The number of piperidine rings is 2. The van der Waals surface area contributed by atoms with E-state index in [1.165, 1.54) is 12.8 Å². The van der Waals surface area contributed by atoms with Gasteiger partial charge in [0.25, 0.3) is 0 Å². The summed E-state index contributed by atoms with van der Waals surface area (Å²) < 4.78 is 0. The van der Waals surface area contributed by atoms with Crippen molar-refractivity contribution in [2.75, 3.05) is 48.0 Å². The monoisotopic (exact) mass is 439 g/mol. The lowest BCUT2D eigenvalue weighted by atomic mass is 10.0. The highest BCUT2D eigenvalue weighted by molar-refractivity contribution is 5.64. The molecule has 2 aliphatic rings. The van der Waals surface area contributed by atoms with E-state index in [1.807, 2.05) is 0 Å². The van der Waals surface area contributed by atoms with Crippen molar-refractivity contribution in [2.24, 2.45) is 5.10 Å². The summed E-state index contributed by atoms with van der Waals surface area (Å²) in [6, 6.07) is 0. The van der Waals surface area contributed by atoms with E-state index in [2.05, 4.69) is 35.3 Å². The van der Waals surface area contributed by atoms with Crippen molar-refractivity contribution in [1.29, 1.82) is 0 Å². The molecule has 3 heterocycles. The van der Waals surface area contributed by atoms with Crippen LogP contribution in [0.2, 0.25) is 0 Å². The Hall–Kier alpha value is -2.12. The van der Waals surface area contributed by atoms with Crippen LogP contribution in [0.15, 0.2) is 5.10 Å². The third kappa shape index (κ3) is 6.43. The standard InChI is InChI=1S/C19H33N7O5/c27-12-14(29)16(31)15(30)13(28)11-20-24-17-21-18(25-7-3-1-4-8-25)23-19(22-17)26-9-5-2-6-10-26/h11,13-16,27-31H,1-10,12H2,(H,21,22,23,24)/b20-11-/t13-,14-,15-,16-/m1/s1. The third-order valence-electron chi connectivity index (χ3n) is 5.56. The van der Waals surface area contributed by atoms with E-state index in [0.717, 1.165) is 58.1 Å². The van der Waals surface area contributed by atoms with Gasteiger partial charge in [0.1, 0.15) is 24.4 Å². The number of aliphatic hydroxyl groups excluding tert-OH is 5. The first-order valence-electron chi connectivity index (χ1n) is 10.9. The summed E-state index contributed by atoms with van der Waals surface area (Å²) in [6.45, 7) is 2.76. The Bertz CT molecular complexity index is 677. The summed E-state index contributed by atoms with van der Waals surface area (Å²) in [5.41, 5.74) is 2.66. The van der Waals surface area contributed by atoms with Gasteiger partial charge in [0, 0.05) is 26.2 Å². The highest BCUT2D eigenvalue weighted by atomic mass is 16.4. The number of hydrogen-bond donors (Lipinski definition) is 6. The van der Waals surface area contributed by atoms with E-state index in [1.54, 1.807) is 0 Å². The molecule has 6 N–H and O–H groups in total. The number of nitrogens with zero attached hydrogens (tertiary/aromatic N) is 6. The number of nitrogens with one attached hydrogen (secondary N) is 1. The molecule has 0 radical (unpaired) electrons. The van der Waals surface area contributed by atoms with Crippen LogP contribution in [0.4, 0.5) is 17.8 Å². The van der Waals surface area contributed by atoms with E-state index >= 15 is 0 Å². The molecule has 3 rings (SSSR count). The molecule has 0 spiro atoms. The number of rotatable bonds is 9. The maximum atomic E-state index is 9.97. The lowest BCUT2D eigenvalue weighted by Crippen LogP contribution is -2.46. The van der Waals surface area contributed by atoms with Crippen LogP contribution >= 0.6 is 0 Å². The molecule has 2 aliphatic heterocycles. The van der Waals surface area contributed by atoms with Crippen molar-refractivity contribution in [2.45, 2.75) is 62.9 Å². The quantitative estimate of drug-likeness (QED) is 0.199. The van der Waals surface area contributed by atoms with E-state index in [4.69, 9.17) is 5.11 Å². The zero-order valence-corrected chi connectivity index (χ0v) is 17.6. The minimum absolute atomic E-state index is 0.213. The largest absolute Gasteiger partial charge is 0.394 e. The van der Waals surface area contributed by atoms with Gasteiger partial charge < -0.3 is 35.3 Å². The molecule has 31 heavy (non-hydrogen) atoms. The van der Waals surface area contributed by atoms with Crippen LogP contribution in [-0.4, -0.2) is 104 Å². The lowest BCUT2D eigenvalue weighted by Gasteiger charge is -2.30. The fraction of sp³-hybridized carbons (Fsp3) is 0.789. The van der Waals surface area contributed by atoms with Gasteiger partial charge in [-0.3, -0.25) is 0 Å². The molecule has 0 amide bonds. The van der Waals surface area contributed by atoms with E-state index in [0.29, 0.717) is 11.9 Å². The average Bonchev–Trinajstić information content (AvgIpc) is 2.83. The number of aromatic nitrogens is 3. The molecule has 0 unspecified atom stereocenters. The fourth-order valence-corrected chi connectivity index (χ4v) is 3.67. The molecule has 2 fully saturated rings. The summed E-state index contributed by atoms with van der Waals surface area (Å²) in [5.74, 6) is 1.37. The second-order valence-electron chi connectivity index (χ2n) is 7.97. The Balaban J connectivity index is 1.72. The molecular weight excluding hydrogens is 406 g/mol. The minimum atomic E-state index is -1.72. The van der Waals surface area contributed by atoms with Crippen molar-refractivity contribution in [1.82, 2.24) is 15.0 Å². The topological polar surface area (TPSA) is 171 Å². The van der Waals surface area contributed by atoms with Crippen LogP contribution in [0, 0.1) is 0 Å². The Labute approximate surface area is 181 Å². The molecule has 12 nitrogen and oxygen atoms in total. The molecule has 0 aliphatic carbocycles. The van der Waals surface area contributed by atoms with Gasteiger partial charge >= 0.3 is 0 Å². The predicted molar refractivity (Wildman–Crippen MR) is 115 cm³/mol. The molecule has 1 aromatic rings. The maximum absolute atomic E-state index is 9.97. The van der Waals surface area contributed by atoms with Gasteiger partial charge in [-0.1, -0.05) is 0 Å². The van der Waals surface area contributed by atoms with Crippen LogP contribution in [0.3, 0.4) is 0 Å². The highest BCUT2D eigenvalue weighted by Gasteiger charge is 2.29. The van der Waals surface area contributed by atoms with Crippen LogP contribution in [0.1, 0.15) is 38.5 Å². The number of aliphatic hydroxyl groups is 5. The smallest absolute Gasteiger partial charge is 0.250 e. The second-order valence-corrected chi connectivity index (χ2v) is 7.97. The minimum Gasteiger partial charge on any atom is -0.394 e. The van der Waals surface area contributed by atoms with Gasteiger partial charge in [-0.2, -0.15) is 20.1 Å². The summed E-state index contributed by atoms with van der Waals surface area (Å²) >= 11 is 0. The summed E-state index contributed by atoms with van der Waals surface area (Å²) in [6.07, 6.45) is 1.08. The zero-order chi connectivity index (χ0) is 22.2. The number of hydrazone groups is 1. The molecule has 0 bridgehead atoms. The van der Waals surface area contributed by atoms with Crippen molar-refractivity contribution in [3.8, 4) is 0 Å². The van der Waals surface area contributed by atoms with Crippen LogP contribution in [-0.2, 0) is 0 Å². The number of anilines is 3. The Kier molecular flexibility index (Phi) is 8.72.